The van der Waals surface area contributed by atoms with Gasteiger partial charge in [-0.05, 0) is 62.4 Å². The van der Waals surface area contributed by atoms with Crippen LogP contribution in [0.5, 0.6) is 0 Å². The Morgan fingerprint density at radius 2 is 1.63 bits per heavy atom. The van der Waals surface area contributed by atoms with Gasteiger partial charge < -0.3 is 15.3 Å². The first-order valence-corrected chi connectivity index (χ1v) is 11.5. The van der Waals surface area contributed by atoms with Crippen LogP contribution in [0.3, 0.4) is 0 Å². The number of carboxylic acid groups (broad SMARTS) is 1. The molecule has 35 heavy (non-hydrogen) atoms. The maximum Gasteiger partial charge on any atom is 0.490 e. The number of hydrogen-bond acceptors (Lipinski definition) is 5. The molecule has 9 nitrogen and oxygen atoms in total. The van der Waals surface area contributed by atoms with E-state index < -0.39 is 18.2 Å². The van der Waals surface area contributed by atoms with Crippen LogP contribution >= 0.6 is 11.6 Å². The first-order valence-electron chi connectivity index (χ1n) is 11.1. The number of nitrogens with one attached hydrogen (secondary N) is 2. The number of amides is 4. The fraction of sp³-hybridized carbons (Fsp3) is 0.545. The lowest BCUT2D eigenvalue weighted by atomic mass is 9.71. The SMILES string of the molecule is O=C(O)C(F)(F)F.O=C1CCN(c2cc(C(=O)N3CCC4(CCNCC4)CC3)ccc2Cl)C(=O)N1. The highest BCUT2D eigenvalue weighted by Gasteiger charge is 2.38. The van der Waals surface area contributed by atoms with E-state index in [9.17, 15) is 27.6 Å². The van der Waals surface area contributed by atoms with Crippen LogP contribution in [0.1, 0.15) is 42.5 Å². The molecule has 0 aromatic heterocycles. The molecule has 1 spiro atoms. The Balaban J connectivity index is 0.000000429. The number of benzene rings is 1. The molecule has 4 rings (SSSR count). The third-order valence-corrected chi connectivity index (χ3v) is 6.88. The van der Waals surface area contributed by atoms with E-state index in [0.717, 1.165) is 39.0 Å². The predicted molar refractivity (Wildman–Crippen MR) is 120 cm³/mol. The smallest absolute Gasteiger partial charge is 0.475 e. The molecule has 1 aromatic carbocycles. The van der Waals surface area contributed by atoms with E-state index in [4.69, 9.17) is 21.5 Å². The van der Waals surface area contributed by atoms with Gasteiger partial charge in [-0.3, -0.25) is 19.8 Å². The normalized spacial score (nSPS) is 20.1. The summed E-state index contributed by atoms with van der Waals surface area (Å²) < 4.78 is 31.7. The van der Waals surface area contributed by atoms with E-state index in [1.807, 2.05) is 4.90 Å². The lowest BCUT2D eigenvalue weighted by Crippen LogP contribution is -2.49. The van der Waals surface area contributed by atoms with Crippen LogP contribution in [-0.2, 0) is 9.59 Å². The third-order valence-electron chi connectivity index (χ3n) is 6.56. The van der Waals surface area contributed by atoms with Crippen molar-refractivity contribution in [3.63, 3.8) is 0 Å². The number of carboxylic acids is 1. The Kier molecular flexibility index (Phi) is 8.26. The third kappa shape index (κ3) is 6.63. The second kappa shape index (κ2) is 10.8. The number of alkyl halides is 3. The van der Waals surface area contributed by atoms with Gasteiger partial charge in [-0.15, -0.1) is 0 Å². The van der Waals surface area contributed by atoms with Crippen LogP contribution in [-0.4, -0.2) is 72.7 Å². The molecule has 3 fully saturated rings. The molecule has 3 aliphatic rings. The van der Waals surface area contributed by atoms with Gasteiger partial charge in [0.2, 0.25) is 5.91 Å². The van der Waals surface area contributed by atoms with Crippen LogP contribution < -0.4 is 15.5 Å². The molecule has 192 valence electrons. The van der Waals surface area contributed by atoms with Crippen LogP contribution in [0.25, 0.3) is 0 Å². The first kappa shape index (κ1) is 26.7. The van der Waals surface area contributed by atoms with E-state index in [1.54, 1.807) is 18.2 Å². The van der Waals surface area contributed by atoms with Gasteiger partial charge in [-0.1, -0.05) is 11.6 Å². The fourth-order valence-corrected chi connectivity index (χ4v) is 4.69. The van der Waals surface area contributed by atoms with Gasteiger partial charge in [-0.2, -0.15) is 13.2 Å². The maximum atomic E-state index is 13.0. The quantitative estimate of drug-likeness (QED) is 0.554. The Bertz CT molecular complexity index is 988. The standard InChI is InChI=1S/C20H25ClN4O3.C2HF3O2/c21-15-2-1-14(13-16(15)25-10-3-17(26)23-19(25)28)18(27)24-11-6-20(7-12-24)4-8-22-9-5-20;3-2(4,5)1(6)7/h1-2,13,22H,3-12H2,(H,23,26,28);(H,6,7). The molecular weight excluding hydrogens is 493 g/mol. The molecule has 0 atom stereocenters. The number of likely N-dealkylation sites (tertiary alicyclic amines) is 1. The topological polar surface area (TPSA) is 119 Å². The number of imide groups is 1. The average molecular weight is 519 g/mol. The molecule has 13 heteroatoms. The van der Waals surface area contributed by atoms with E-state index >= 15 is 0 Å². The molecule has 0 aliphatic carbocycles. The van der Waals surface area contributed by atoms with Crippen molar-refractivity contribution in [1.29, 1.82) is 0 Å². The molecule has 0 bridgehead atoms. The zero-order valence-corrected chi connectivity index (χ0v) is 19.5. The van der Waals surface area contributed by atoms with Crippen molar-refractivity contribution in [3.05, 3.63) is 28.8 Å². The minimum absolute atomic E-state index is 0.0322. The number of piperidine rings is 2. The Morgan fingerprint density at radius 1 is 1.03 bits per heavy atom. The molecule has 0 unspecified atom stereocenters. The largest absolute Gasteiger partial charge is 0.490 e. The summed E-state index contributed by atoms with van der Waals surface area (Å²) in [4.78, 5) is 48.8. The second-order valence-electron chi connectivity index (χ2n) is 8.77. The van der Waals surface area contributed by atoms with Gasteiger partial charge in [-0.25, -0.2) is 9.59 Å². The Morgan fingerprint density at radius 3 is 2.17 bits per heavy atom. The van der Waals surface area contributed by atoms with Crippen LogP contribution in [0.15, 0.2) is 18.2 Å². The van der Waals surface area contributed by atoms with E-state index in [0.29, 0.717) is 21.7 Å². The van der Waals surface area contributed by atoms with Crippen LogP contribution in [0.2, 0.25) is 5.02 Å². The summed E-state index contributed by atoms with van der Waals surface area (Å²) in [5.74, 6) is -3.09. The van der Waals surface area contributed by atoms with Gasteiger partial charge in [0.15, 0.2) is 0 Å². The maximum absolute atomic E-state index is 13.0. The molecular formula is C22H26ClF3N4O5. The minimum atomic E-state index is -5.08. The van der Waals surface area contributed by atoms with Gasteiger partial charge in [0.05, 0.1) is 10.7 Å². The molecule has 4 amide bonds. The van der Waals surface area contributed by atoms with Crippen molar-refractivity contribution in [2.75, 3.05) is 37.6 Å². The highest BCUT2D eigenvalue weighted by Crippen LogP contribution is 2.40. The number of hydrogen-bond donors (Lipinski definition) is 3. The van der Waals surface area contributed by atoms with Gasteiger partial charge >= 0.3 is 18.2 Å². The number of carbonyl (C=O) groups is 4. The predicted octanol–water partition coefficient (Wildman–Crippen LogP) is 3.03. The summed E-state index contributed by atoms with van der Waals surface area (Å²) in [6.45, 7) is 3.90. The Labute approximate surface area is 204 Å². The second-order valence-corrected chi connectivity index (χ2v) is 9.17. The first-order chi connectivity index (χ1) is 16.4. The molecule has 3 N–H and O–H groups in total. The zero-order valence-electron chi connectivity index (χ0n) is 18.8. The van der Waals surface area contributed by atoms with Gasteiger partial charge in [0.1, 0.15) is 0 Å². The number of carbonyl (C=O) groups excluding carboxylic acids is 3. The number of rotatable bonds is 2. The van der Waals surface area contributed by atoms with E-state index in [-0.39, 0.29) is 24.8 Å². The summed E-state index contributed by atoms with van der Waals surface area (Å²) in [7, 11) is 0. The number of aliphatic carboxylic acids is 1. The van der Waals surface area contributed by atoms with Crippen LogP contribution in [0, 0.1) is 5.41 Å². The van der Waals surface area contributed by atoms with Gasteiger partial charge in [0, 0.05) is 31.6 Å². The molecule has 1 aromatic rings. The highest BCUT2D eigenvalue weighted by molar-refractivity contribution is 6.34. The monoisotopic (exact) mass is 518 g/mol. The summed E-state index contributed by atoms with van der Waals surface area (Å²) >= 11 is 6.28. The zero-order chi connectivity index (χ0) is 25.8. The van der Waals surface area contributed by atoms with Crippen molar-refractivity contribution in [2.24, 2.45) is 5.41 Å². The minimum Gasteiger partial charge on any atom is -0.475 e. The van der Waals surface area contributed by atoms with Crippen molar-refractivity contribution in [1.82, 2.24) is 15.5 Å². The number of anilines is 1. The summed E-state index contributed by atoms with van der Waals surface area (Å²) in [6, 6.07) is 4.51. The highest BCUT2D eigenvalue weighted by atomic mass is 35.5. The molecule has 3 aliphatic heterocycles. The van der Waals surface area contributed by atoms with E-state index in [1.165, 1.54) is 17.7 Å². The summed E-state index contributed by atoms with van der Waals surface area (Å²) in [5.41, 5.74) is 1.36. The van der Waals surface area contributed by atoms with Crippen molar-refractivity contribution >= 4 is 41.1 Å². The Hall–Kier alpha value is -2.86. The summed E-state index contributed by atoms with van der Waals surface area (Å²) in [6.07, 6.45) is -0.426. The number of urea groups is 1. The van der Waals surface area contributed by atoms with Crippen molar-refractivity contribution < 1.29 is 37.5 Å². The number of halogens is 4. The average Bonchev–Trinajstić information content (AvgIpc) is 2.80. The lowest BCUT2D eigenvalue weighted by molar-refractivity contribution is -0.192. The molecule has 0 saturated carbocycles. The summed E-state index contributed by atoms with van der Waals surface area (Å²) in [5, 5.41) is 13.2. The van der Waals surface area contributed by atoms with Crippen molar-refractivity contribution in [2.45, 2.75) is 38.3 Å². The van der Waals surface area contributed by atoms with E-state index in [2.05, 4.69) is 10.6 Å². The fourth-order valence-electron chi connectivity index (χ4n) is 4.47. The van der Waals surface area contributed by atoms with Gasteiger partial charge in [0.25, 0.3) is 5.91 Å². The van der Waals surface area contributed by atoms with Crippen molar-refractivity contribution in [3.8, 4) is 0 Å². The van der Waals surface area contributed by atoms with Crippen LogP contribution in [0.4, 0.5) is 23.7 Å². The molecule has 0 radical (unpaired) electrons. The molecule has 3 saturated heterocycles. The molecule has 3 heterocycles. The lowest BCUT2D eigenvalue weighted by Gasteiger charge is -2.44. The number of nitrogens with zero attached hydrogens (tertiary/aromatic N) is 2.